The summed E-state index contributed by atoms with van der Waals surface area (Å²) in [4.78, 5) is 35.6. The molecule has 1 aliphatic rings. The summed E-state index contributed by atoms with van der Waals surface area (Å²) in [6.07, 6.45) is 1.35. The van der Waals surface area contributed by atoms with Crippen LogP contribution in [0, 0.1) is 0 Å². The molecule has 0 bridgehead atoms. The van der Waals surface area contributed by atoms with Crippen LogP contribution in [0.3, 0.4) is 0 Å². The standard InChI is InChI=1S/C20H27N7O3/c1-13(12-28)23-19-17(18(21)30)11-22-20(25-19)24-15-3-5-16(6-4-15)27-9-7-26(8-10-27)14(2)29/h3-6,11,13,28H,7-10,12H2,1-2H3,(H2,21,30)(H2,22,23,24,25)/t13-/m1/s1. The van der Waals surface area contributed by atoms with Gasteiger partial charge in [0.25, 0.3) is 5.91 Å². The Morgan fingerprint density at radius 1 is 1.20 bits per heavy atom. The van der Waals surface area contributed by atoms with Crippen molar-refractivity contribution in [2.75, 3.05) is 48.3 Å². The lowest BCUT2D eigenvalue weighted by Gasteiger charge is -2.35. The SMILES string of the molecule is CC(=O)N1CCN(c2ccc(Nc3ncc(C(N)=O)c(N[C@H](C)CO)n3)cc2)CC1. The molecule has 0 spiro atoms. The van der Waals surface area contributed by atoms with Crippen molar-refractivity contribution in [2.24, 2.45) is 5.73 Å². The molecule has 1 aromatic heterocycles. The van der Waals surface area contributed by atoms with Gasteiger partial charge in [-0.1, -0.05) is 0 Å². The van der Waals surface area contributed by atoms with Crippen molar-refractivity contribution in [1.29, 1.82) is 0 Å². The van der Waals surface area contributed by atoms with Gasteiger partial charge in [0.05, 0.1) is 12.2 Å². The summed E-state index contributed by atoms with van der Waals surface area (Å²) in [6.45, 7) is 6.26. The molecule has 3 rings (SSSR count). The fourth-order valence-corrected chi connectivity index (χ4v) is 3.18. The number of carbonyl (C=O) groups is 2. The summed E-state index contributed by atoms with van der Waals surface area (Å²) in [7, 11) is 0. The number of anilines is 4. The number of nitrogens with two attached hydrogens (primary N) is 1. The number of rotatable bonds is 7. The fourth-order valence-electron chi connectivity index (χ4n) is 3.18. The minimum Gasteiger partial charge on any atom is -0.394 e. The number of nitrogens with zero attached hydrogens (tertiary/aromatic N) is 4. The van der Waals surface area contributed by atoms with Crippen molar-refractivity contribution >= 4 is 35.0 Å². The van der Waals surface area contributed by atoms with Gasteiger partial charge in [0.15, 0.2) is 0 Å². The average Bonchev–Trinajstić information content (AvgIpc) is 2.74. The van der Waals surface area contributed by atoms with Gasteiger partial charge < -0.3 is 31.3 Å². The highest BCUT2D eigenvalue weighted by Gasteiger charge is 2.19. The molecule has 30 heavy (non-hydrogen) atoms. The van der Waals surface area contributed by atoms with Gasteiger partial charge in [-0.25, -0.2) is 4.98 Å². The molecule has 0 aliphatic carbocycles. The fraction of sp³-hybridized carbons (Fsp3) is 0.400. The number of aliphatic hydroxyl groups excluding tert-OH is 1. The van der Waals surface area contributed by atoms with Crippen molar-refractivity contribution < 1.29 is 14.7 Å². The number of aliphatic hydroxyl groups is 1. The normalized spacial score (nSPS) is 14.9. The van der Waals surface area contributed by atoms with Gasteiger partial charge in [-0.3, -0.25) is 9.59 Å². The minimum atomic E-state index is -0.650. The molecule has 1 atom stereocenters. The monoisotopic (exact) mass is 413 g/mol. The number of primary amides is 1. The van der Waals surface area contributed by atoms with E-state index in [9.17, 15) is 14.7 Å². The van der Waals surface area contributed by atoms with E-state index in [0.29, 0.717) is 5.95 Å². The number of hydrogen-bond donors (Lipinski definition) is 4. The summed E-state index contributed by atoms with van der Waals surface area (Å²) in [5, 5.41) is 15.3. The number of piperazine rings is 1. The Labute approximate surface area is 175 Å². The number of aromatic nitrogens is 2. The zero-order valence-corrected chi connectivity index (χ0v) is 17.1. The van der Waals surface area contributed by atoms with Crippen LogP contribution in [-0.2, 0) is 4.79 Å². The molecule has 2 amide bonds. The van der Waals surface area contributed by atoms with Gasteiger partial charge >= 0.3 is 0 Å². The minimum absolute atomic E-state index is 0.110. The molecule has 2 aromatic rings. The predicted octanol–water partition coefficient (Wildman–Crippen LogP) is 0.780. The van der Waals surface area contributed by atoms with Gasteiger partial charge in [-0.15, -0.1) is 0 Å². The first-order valence-corrected chi connectivity index (χ1v) is 9.79. The zero-order chi connectivity index (χ0) is 21.7. The third kappa shape index (κ3) is 5.15. The van der Waals surface area contributed by atoms with Crippen molar-refractivity contribution in [3.05, 3.63) is 36.0 Å². The van der Waals surface area contributed by atoms with Crippen LogP contribution in [-0.4, -0.2) is 70.6 Å². The lowest BCUT2D eigenvalue weighted by Crippen LogP contribution is -2.48. The molecule has 1 aliphatic heterocycles. The molecule has 10 heteroatoms. The van der Waals surface area contributed by atoms with E-state index in [4.69, 9.17) is 5.73 Å². The van der Waals surface area contributed by atoms with Crippen LogP contribution in [0.15, 0.2) is 30.5 Å². The first kappa shape index (κ1) is 21.3. The van der Waals surface area contributed by atoms with Gasteiger partial charge in [0.1, 0.15) is 5.82 Å². The first-order valence-electron chi connectivity index (χ1n) is 9.79. The first-order chi connectivity index (χ1) is 14.4. The third-order valence-electron chi connectivity index (χ3n) is 4.92. The maximum atomic E-state index is 11.6. The van der Waals surface area contributed by atoms with Gasteiger partial charge in [-0.05, 0) is 31.2 Å². The number of benzene rings is 1. The van der Waals surface area contributed by atoms with Crippen LogP contribution in [0.2, 0.25) is 0 Å². The topological polar surface area (TPSA) is 137 Å². The molecule has 1 aromatic carbocycles. The Morgan fingerprint density at radius 3 is 2.43 bits per heavy atom. The van der Waals surface area contributed by atoms with E-state index >= 15 is 0 Å². The van der Waals surface area contributed by atoms with E-state index in [1.807, 2.05) is 29.2 Å². The van der Waals surface area contributed by atoms with Crippen molar-refractivity contribution in [1.82, 2.24) is 14.9 Å². The summed E-state index contributed by atoms with van der Waals surface area (Å²) in [6, 6.07) is 7.53. The number of carbonyl (C=O) groups excluding carboxylic acids is 2. The lowest BCUT2D eigenvalue weighted by molar-refractivity contribution is -0.129. The largest absolute Gasteiger partial charge is 0.394 e. The van der Waals surface area contributed by atoms with Crippen LogP contribution in [0.25, 0.3) is 0 Å². The van der Waals surface area contributed by atoms with Crippen molar-refractivity contribution in [3.63, 3.8) is 0 Å². The second kappa shape index (κ2) is 9.40. The maximum Gasteiger partial charge on any atom is 0.254 e. The van der Waals surface area contributed by atoms with E-state index in [0.717, 1.165) is 37.6 Å². The second-order valence-electron chi connectivity index (χ2n) is 7.21. The van der Waals surface area contributed by atoms with E-state index in [-0.39, 0.29) is 29.9 Å². The number of hydrogen-bond acceptors (Lipinski definition) is 8. The highest BCUT2D eigenvalue weighted by Crippen LogP contribution is 2.22. The summed E-state index contributed by atoms with van der Waals surface area (Å²) < 4.78 is 0. The molecule has 2 heterocycles. The highest BCUT2D eigenvalue weighted by atomic mass is 16.3. The van der Waals surface area contributed by atoms with Crippen LogP contribution >= 0.6 is 0 Å². The zero-order valence-electron chi connectivity index (χ0n) is 17.1. The summed E-state index contributed by atoms with van der Waals surface area (Å²) in [5.74, 6) is 0.0270. The van der Waals surface area contributed by atoms with E-state index < -0.39 is 5.91 Å². The summed E-state index contributed by atoms with van der Waals surface area (Å²) >= 11 is 0. The molecule has 10 nitrogen and oxygen atoms in total. The van der Waals surface area contributed by atoms with Gasteiger partial charge in [0.2, 0.25) is 11.9 Å². The molecule has 1 fully saturated rings. The van der Waals surface area contributed by atoms with Gasteiger partial charge in [-0.2, -0.15) is 4.98 Å². The molecule has 0 radical (unpaired) electrons. The third-order valence-corrected chi connectivity index (χ3v) is 4.92. The maximum absolute atomic E-state index is 11.6. The number of nitrogens with one attached hydrogen (secondary N) is 2. The quantitative estimate of drug-likeness (QED) is 0.523. The Morgan fingerprint density at radius 2 is 1.87 bits per heavy atom. The molecule has 0 saturated carbocycles. The van der Waals surface area contributed by atoms with E-state index in [1.165, 1.54) is 6.20 Å². The van der Waals surface area contributed by atoms with E-state index in [2.05, 4.69) is 25.5 Å². The lowest BCUT2D eigenvalue weighted by atomic mass is 10.2. The second-order valence-corrected chi connectivity index (χ2v) is 7.21. The molecular weight excluding hydrogens is 386 g/mol. The Bertz CT molecular complexity index is 896. The Hall–Kier alpha value is -3.40. The number of amides is 2. The molecule has 5 N–H and O–H groups in total. The van der Waals surface area contributed by atoms with Crippen LogP contribution in [0.4, 0.5) is 23.1 Å². The predicted molar refractivity (Wildman–Crippen MR) is 115 cm³/mol. The molecule has 0 unspecified atom stereocenters. The molecular formula is C20H27N7O3. The van der Waals surface area contributed by atoms with Crippen molar-refractivity contribution in [3.8, 4) is 0 Å². The van der Waals surface area contributed by atoms with E-state index in [1.54, 1.807) is 13.8 Å². The van der Waals surface area contributed by atoms with Crippen molar-refractivity contribution in [2.45, 2.75) is 19.9 Å². The van der Waals surface area contributed by atoms with Gasteiger partial charge in [0, 0.05) is 56.7 Å². The molecule has 1 saturated heterocycles. The Balaban J connectivity index is 1.68. The average molecular weight is 413 g/mol. The molecule has 160 valence electrons. The van der Waals surface area contributed by atoms with Crippen LogP contribution in [0.1, 0.15) is 24.2 Å². The Kier molecular flexibility index (Phi) is 6.68. The summed E-state index contributed by atoms with van der Waals surface area (Å²) in [5.41, 5.74) is 7.40. The smallest absolute Gasteiger partial charge is 0.254 e. The highest BCUT2D eigenvalue weighted by molar-refractivity contribution is 5.97. The van der Waals surface area contributed by atoms with Crippen LogP contribution in [0.5, 0.6) is 0 Å². The van der Waals surface area contributed by atoms with Crippen LogP contribution < -0.4 is 21.3 Å².